The lowest BCUT2D eigenvalue weighted by Gasteiger charge is -2.06. The van der Waals surface area contributed by atoms with Gasteiger partial charge in [-0.3, -0.25) is 4.79 Å². The molecule has 0 atom stereocenters. The zero-order chi connectivity index (χ0) is 20.2. The zero-order valence-electron chi connectivity index (χ0n) is 15.4. The standard InChI is InChI=1S/C23H17BrN2O2S/c1-2-13-26-20-12-11-17(24)15-21(20)29-23(26)25-22(27)16-7-6-10-19(14-16)28-18-8-4-3-5-9-18/h2-12,14-15H,1,13H2. The third-order valence-corrected chi connectivity index (χ3v) is 5.75. The highest BCUT2D eigenvalue weighted by Crippen LogP contribution is 2.24. The van der Waals surface area contributed by atoms with Crippen LogP contribution in [-0.4, -0.2) is 10.5 Å². The van der Waals surface area contributed by atoms with Crippen LogP contribution in [0.15, 0.2) is 94.9 Å². The maximum atomic E-state index is 12.9. The summed E-state index contributed by atoms with van der Waals surface area (Å²) in [5, 5.41) is 0. The summed E-state index contributed by atoms with van der Waals surface area (Å²) >= 11 is 4.97. The summed E-state index contributed by atoms with van der Waals surface area (Å²) in [5.41, 5.74) is 1.49. The molecule has 0 N–H and O–H groups in total. The molecule has 0 aliphatic carbocycles. The van der Waals surface area contributed by atoms with E-state index in [0.29, 0.717) is 28.4 Å². The van der Waals surface area contributed by atoms with E-state index >= 15 is 0 Å². The van der Waals surface area contributed by atoms with Crippen LogP contribution in [-0.2, 0) is 6.54 Å². The SMILES string of the molecule is C=CCn1c(=NC(=O)c2cccc(Oc3ccccc3)c2)sc2cc(Br)ccc21. The Morgan fingerprint density at radius 1 is 1.07 bits per heavy atom. The van der Waals surface area contributed by atoms with E-state index in [9.17, 15) is 4.79 Å². The van der Waals surface area contributed by atoms with Gasteiger partial charge in [-0.05, 0) is 48.5 Å². The largest absolute Gasteiger partial charge is 0.457 e. The van der Waals surface area contributed by atoms with Crippen LogP contribution in [0.1, 0.15) is 10.4 Å². The lowest BCUT2D eigenvalue weighted by molar-refractivity contribution is 0.0997. The van der Waals surface area contributed by atoms with Crippen molar-refractivity contribution in [3.63, 3.8) is 0 Å². The van der Waals surface area contributed by atoms with Crippen LogP contribution in [0.25, 0.3) is 10.2 Å². The topological polar surface area (TPSA) is 43.6 Å². The molecule has 1 aromatic heterocycles. The van der Waals surface area contributed by atoms with Crippen LogP contribution in [0.3, 0.4) is 0 Å². The van der Waals surface area contributed by atoms with Crippen molar-refractivity contribution in [1.29, 1.82) is 0 Å². The second-order valence-electron chi connectivity index (χ2n) is 6.26. The second-order valence-corrected chi connectivity index (χ2v) is 8.18. The predicted octanol–water partition coefficient (Wildman–Crippen LogP) is 6.18. The Morgan fingerprint density at radius 2 is 1.86 bits per heavy atom. The Balaban J connectivity index is 1.70. The number of para-hydroxylation sites is 1. The number of benzene rings is 3. The third kappa shape index (κ3) is 4.39. The number of ether oxygens (including phenoxy) is 1. The smallest absolute Gasteiger partial charge is 0.279 e. The number of allylic oxidation sites excluding steroid dienone is 1. The normalized spacial score (nSPS) is 11.6. The fourth-order valence-electron chi connectivity index (χ4n) is 2.91. The fourth-order valence-corrected chi connectivity index (χ4v) is 4.50. The minimum absolute atomic E-state index is 0.313. The first-order valence-electron chi connectivity index (χ1n) is 8.96. The summed E-state index contributed by atoms with van der Waals surface area (Å²) in [6, 6.07) is 22.5. The lowest BCUT2D eigenvalue weighted by atomic mass is 10.2. The van der Waals surface area contributed by atoms with E-state index in [0.717, 1.165) is 14.7 Å². The second kappa shape index (κ2) is 8.59. The Morgan fingerprint density at radius 3 is 2.66 bits per heavy atom. The predicted molar refractivity (Wildman–Crippen MR) is 121 cm³/mol. The molecule has 4 rings (SSSR count). The number of rotatable bonds is 5. The highest BCUT2D eigenvalue weighted by Gasteiger charge is 2.10. The molecule has 0 unspecified atom stereocenters. The van der Waals surface area contributed by atoms with Gasteiger partial charge in [0, 0.05) is 16.6 Å². The van der Waals surface area contributed by atoms with E-state index in [4.69, 9.17) is 4.74 Å². The molecule has 0 aliphatic rings. The number of hydrogen-bond donors (Lipinski definition) is 0. The third-order valence-electron chi connectivity index (χ3n) is 4.21. The Bertz CT molecular complexity index is 1260. The molecule has 1 amide bonds. The van der Waals surface area contributed by atoms with E-state index in [1.807, 2.05) is 59.2 Å². The van der Waals surface area contributed by atoms with Gasteiger partial charge in [-0.15, -0.1) is 6.58 Å². The van der Waals surface area contributed by atoms with E-state index in [2.05, 4.69) is 27.5 Å². The average molecular weight is 465 g/mol. The number of thiazole rings is 1. The molecule has 3 aromatic carbocycles. The first kappa shape index (κ1) is 19.4. The van der Waals surface area contributed by atoms with Gasteiger partial charge in [0.25, 0.3) is 5.91 Å². The highest BCUT2D eigenvalue weighted by atomic mass is 79.9. The molecule has 4 aromatic rings. The number of fused-ring (bicyclic) bond motifs is 1. The molecule has 4 nitrogen and oxygen atoms in total. The van der Waals surface area contributed by atoms with E-state index in [1.54, 1.807) is 24.3 Å². The molecule has 1 heterocycles. The molecule has 6 heteroatoms. The molecule has 144 valence electrons. The van der Waals surface area contributed by atoms with Gasteiger partial charge in [0.2, 0.25) is 0 Å². The molecule has 0 bridgehead atoms. The van der Waals surface area contributed by atoms with Gasteiger partial charge < -0.3 is 9.30 Å². The van der Waals surface area contributed by atoms with Gasteiger partial charge in [-0.25, -0.2) is 0 Å². The maximum absolute atomic E-state index is 12.9. The van der Waals surface area contributed by atoms with E-state index in [1.165, 1.54) is 11.3 Å². The van der Waals surface area contributed by atoms with Gasteiger partial charge in [-0.1, -0.05) is 57.6 Å². The van der Waals surface area contributed by atoms with Crippen molar-refractivity contribution in [3.05, 3.63) is 100 Å². The average Bonchev–Trinajstić information content (AvgIpc) is 3.05. The number of nitrogens with zero attached hydrogens (tertiary/aromatic N) is 2. The first-order chi connectivity index (χ1) is 14.1. The molecular weight excluding hydrogens is 448 g/mol. The van der Waals surface area contributed by atoms with Crippen molar-refractivity contribution >= 4 is 43.4 Å². The van der Waals surface area contributed by atoms with Crippen LogP contribution < -0.4 is 9.54 Å². The number of aromatic nitrogens is 1. The highest BCUT2D eigenvalue weighted by molar-refractivity contribution is 9.10. The minimum atomic E-state index is -0.313. The van der Waals surface area contributed by atoms with E-state index < -0.39 is 0 Å². The van der Waals surface area contributed by atoms with Gasteiger partial charge in [0.15, 0.2) is 4.80 Å². The van der Waals surface area contributed by atoms with Gasteiger partial charge in [-0.2, -0.15) is 4.99 Å². The van der Waals surface area contributed by atoms with Gasteiger partial charge in [0.05, 0.1) is 10.2 Å². The molecule has 0 saturated heterocycles. The molecule has 0 saturated carbocycles. The Kier molecular flexibility index (Phi) is 5.74. The first-order valence-corrected chi connectivity index (χ1v) is 10.6. The molecule has 0 fully saturated rings. The lowest BCUT2D eigenvalue weighted by Crippen LogP contribution is -2.16. The van der Waals surface area contributed by atoms with Crippen molar-refractivity contribution < 1.29 is 9.53 Å². The summed E-state index contributed by atoms with van der Waals surface area (Å²) in [4.78, 5) is 17.9. The summed E-state index contributed by atoms with van der Waals surface area (Å²) in [5.74, 6) is 0.997. The summed E-state index contributed by atoms with van der Waals surface area (Å²) in [6.45, 7) is 4.40. The molecule has 0 radical (unpaired) electrons. The van der Waals surface area contributed by atoms with Crippen LogP contribution in [0.5, 0.6) is 11.5 Å². The molecule has 0 spiro atoms. The van der Waals surface area contributed by atoms with Crippen molar-refractivity contribution in [2.75, 3.05) is 0 Å². The summed E-state index contributed by atoms with van der Waals surface area (Å²) in [6.07, 6.45) is 1.80. The minimum Gasteiger partial charge on any atom is -0.457 e. The summed E-state index contributed by atoms with van der Waals surface area (Å²) < 4.78 is 9.85. The van der Waals surface area contributed by atoms with Crippen molar-refractivity contribution in [3.8, 4) is 11.5 Å². The number of carbonyl (C=O) groups is 1. The molecule has 0 aliphatic heterocycles. The van der Waals surface area contributed by atoms with Crippen molar-refractivity contribution in [2.24, 2.45) is 4.99 Å². The Labute approximate surface area is 180 Å². The number of amides is 1. The zero-order valence-corrected chi connectivity index (χ0v) is 17.8. The molecule has 29 heavy (non-hydrogen) atoms. The quantitative estimate of drug-likeness (QED) is 0.330. The van der Waals surface area contributed by atoms with Gasteiger partial charge >= 0.3 is 0 Å². The maximum Gasteiger partial charge on any atom is 0.279 e. The number of carbonyl (C=O) groups excluding carboxylic acids is 1. The van der Waals surface area contributed by atoms with Crippen LogP contribution in [0, 0.1) is 0 Å². The van der Waals surface area contributed by atoms with Crippen LogP contribution in [0.2, 0.25) is 0 Å². The van der Waals surface area contributed by atoms with E-state index in [-0.39, 0.29) is 5.91 Å². The molecular formula is C23H17BrN2O2S. The van der Waals surface area contributed by atoms with Crippen molar-refractivity contribution in [2.45, 2.75) is 6.54 Å². The number of hydrogen-bond acceptors (Lipinski definition) is 3. The fraction of sp³-hybridized carbons (Fsp3) is 0.0435. The summed E-state index contributed by atoms with van der Waals surface area (Å²) in [7, 11) is 0. The van der Waals surface area contributed by atoms with Crippen LogP contribution >= 0.6 is 27.3 Å². The van der Waals surface area contributed by atoms with Crippen LogP contribution in [0.4, 0.5) is 0 Å². The monoisotopic (exact) mass is 464 g/mol. The number of halogens is 1. The van der Waals surface area contributed by atoms with Crippen molar-refractivity contribution in [1.82, 2.24) is 4.57 Å². The Hall–Kier alpha value is -2.96. The van der Waals surface area contributed by atoms with Gasteiger partial charge in [0.1, 0.15) is 11.5 Å².